The molecule has 0 N–H and O–H groups in total. The second kappa shape index (κ2) is 10.9. The number of hydrogen-bond acceptors (Lipinski definition) is 4. The highest BCUT2D eigenvalue weighted by atomic mass is 16.7. The first-order valence-electron chi connectivity index (χ1n) is 12.5. The molecule has 0 spiro atoms. The highest BCUT2D eigenvalue weighted by Crippen LogP contribution is 2.45. The zero-order valence-corrected chi connectivity index (χ0v) is 20.9. The van der Waals surface area contributed by atoms with Crippen molar-refractivity contribution in [1.82, 2.24) is 0 Å². The van der Waals surface area contributed by atoms with Crippen molar-refractivity contribution in [3.8, 4) is 0 Å². The Morgan fingerprint density at radius 3 is 2.66 bits per heavy atom. The third-order valence-corrected chi connectivity index (χ3v) is 7.20. The van der Waals surface area contributed by atoms with E-state index in [2.05, 4.69) is 50.5 Å². The van der Waals surface area contributed by atoms with Gasteiger partial charge in [-0.05, 0) is 53.5 Å². The van der Waals surface area contributed by atoms with E-state index < -0.39 is 0 Å². The van der Waals surface area contributed by atoms with E-state index in [0.29, 0.717) is 25.7 Å². The minimum Gasteiger partial charge on any atom is -0.466 e. The van der Waals surface area contributed by atoms with Crippen molar-refractivity contribution in [2.75, 3.05) is 13.2 Å². The van der Waals surface area contributed by atoms with Crippen LogP contribution in [0.25, 0.3) is 0 Å². The molecule has 2 aliphatic heterocycles. The lowest BCUT2D eigenvalue weighted by atomic mass is 9.75. The highest BCUT2D eigenvalue weighted by Gasteiger charge is 2.49. The zero-order chi connectivity index (χ0) is 23.3. The number of hydrogen-bond donors (Lipinski definition) is 0. The van der Waals surface area contributed by atoms with Gasteiger partial charge in [0.25, 0.3) is 0 Å². The number of nitrogens with zero attached hydrogens (tertiary/aromatic N) is 1. The first-order chi connectivity index (χ1) is 15.3. The van der Waals surface area contributed by atoms with E-state index in [-0.39, 0.29) is 23.8 Å². The van der Waals surface area contributed by atoms with E-state index in [0.717, 1.165) is 38.5 Å². The van der Waals surface area contributed by atoms with Crippen LogP contribution >= 0.6 is 0 Å². The fraction of sp³-hybridized carbons (Fsp3) is 0.704. The summed E-state index contributed by atoms with van der Waals surface area (Å²) in [6.45, 7) is 14.1. The third-order valence-electron chi connectivity index (χ3n) is 7.20. The lowest BCUT2D eigenvalue weighted by Crippen LogP contribution is -2.42. The highest BCUT2D eigenvalue weighted by molar-refractivity contribution is 5.93. The molecule has 0 aromatic heterocycles. The number of carbonyl (C=O) groups excluding carboxylic acids is 1. The quantitative estimate of drug-likeness (QED) is 0.259. The number of unbranched alkanes of at least 4 members (excludes halogenated alkanes) is 2. The fourth-order valence-electron chi connectivity index (χ4n) is 5.46. The molecule has 0 amide bonds. The molecule has 1 saturated heterocycles. The second-order valence-corrected chi connectivity index (χ2v) is 9.63. The Labute approximate surface area is 194 Å². The first kappa shape index (κ1) is 24.9. The Balaban J connectivity index is 1.79. The summed E-state index contributed by atoms with van der Waals surface area (Å²) in [7, 11) is 0. The SMILES string of the molecule is CCOC(=O)CCCCCC1(C)C(C)=[N+](C2CC(C)OC(OCC)C2)c2ccc(C)cc21. The number of esters is 1. The van der Waals surface area contributed by atoms with Gasteiger partial charge in [0.2, 0.25) is 5.69 Å². The van der Waals surface area contributed by atoms with Gasteiger partial charge in [0, 0.05) is 38.0 Å². The van der Waals surface area contributed by atoms with Gasteiger partial charge in [0.05, 0.1) is 24.5 Å². The third kappa shape index (κ3) is 5.43. The van der Waals surface area contributed by atoms with Crippen LogP contribution < -0.4 is 0 Å². The molecule has 178 valence electrons. The van der Waals surface area contributed by atoms with E-state index in [9.17, 15) is 4.79 Å². The van der Waals surface area contributed by atoms with Crippen LogP contribution in [-0.2, 0) is 24.4 Å². The van der Waals surface area contributed by atoms with Crippen molar-refractivity contribution in [3.63, 3.8) is 0 Å². The molecule has 2 heterocycles. The van der Waals surface area contributed by atoms with Gasteiger partial charge in [-0.3, -0.25) is 4.79 Å². The number of benzene rings is 1. The average Bonchev–Trinajstić information content (AvgIpc) is 2.95. The summed E-state index contributed by atoms with van der Waals surface area (Å²) in [6.07, 6.45) is 6.58. The molecule has 1 aromatic rings. The first-order valence-corrected chi connectivity index (χ1v) is 12.5. The topological polar surface area (TPSA) is 47.8 Å². The van der Waals surface area contributed by atoms with E-state index in [1.807, 2.05) is 13.8 Å². The molecule has 5 nitrogen and oxygen atoms in total. The largest absolute Gasteiger partial charge is 0.466 e. The van der Waals surface area contributed by atoms with Crippen molar-refractivity contribution >= 4 is 17.4 Å². The molecule has 4 unspecified atom stereocenters. The van der Waals surface area contributed by atoms with Crippen LogP contribution in [0.15, 0.2) is 18.2 Å². The van der Waals surface area contributed by atoms with Crippen molar-refractivity contribution in [2.45, 2.75) is 110 Å². The molecule has 1 aromatic carbocycles. The van der Waals surface area contributed by atoms with Gasteiger partial charge in [-0.2, -0.15) is 4.58 Å². The molecule has 1 fully saturated rings. The van der Waals surface area contributed by atoms with Gasteiger partial charge in [0.15, 0.2) is 18.0 Å². The lowest BCUT2D eigenvalue weighted by Gasteiger charge is -2.31. The average molecular weight is 445 g/mol. The van der Waals surface area contributed by atoms with Gasteiger partial charge in [-0.1, -0.05) is 24.5 Å². The summed E-state index contributed by atoms with van der Waals surface area (Å²) < 4.78 is 19.6. The zero-order valence-electron chi connectivity index (χ0n) is 20.9. The van der Waals surface area contributed by atoms with E-state index in [1.54, 1.807) is 0 Å². The van der Waals surface area contributed by atoms with E-state index in [4.69, 9.17) is 14.2 Å². The van der Waals surface area contributed by atoms with Crippen molar-refractivity contribution in [1.29, 1.82) is 0 Å². The molecule has 0 aliphatic carbocycles. The van der Waals surface area contributed by atoms with Crippen LogP contribution in [0.3, 0.4) is 0 Å². The molecule has 3 rings (SSSR count). The Kier molecular flexibility index (Phi) is 8.51. The van der Waals surface area contributed by atoms with Crippen LogP contribution in [0.4, 0.5) is 5.69 Å². The molecule has 0 saturated carbocycles. The molecule has 2 aliphatic rings. The fourth-order valence-corrected chi connectivity index (χ4v) is 5.46. The summed E-state index contributed by atoms with van der Waals surface area (Å²) in [4.78, 5) is 11.6. The maximum atomic E-state index is 11.6. The normalized spacial score (nSPS) is 27.5. The van der Waals surface area contributed by atoms with Crippen LogP contribution in [0, 0.1) is 6.92 Å². The molecule has 32 heavy (non-hydrogen) atoms. The summed E-state index contributed by atoms with van der Waals surface area (Å²) >= 11 is 0. The van der Waals surface area contributed by atoms with Gasteiger partial charge >= 0.3 is 5.97 Å². The number of ether oxygens (including phenoxy) is 3. The van der Waals surface area contributed by atoms with Gasteiger partial charge < -0.3 is 14.2 Å². The molecule has 0 bridgehead atoms. The number of rotatable bonds is 10. The molecule has 5 heteroatoms. The Bertz CT molecular complexity index is 833. The van der Waals surface area contributed by atoms with Gasteiger partial charge in [-0.15, -0.1) is 0 Å². The predicted molar refractivity (Wildman–Crippen MR) is 128 cm³/mol. The summed E-state index contributed by atoms with van der Waals surface area (Å²) in [5.41, 5.74) is 5.52. The molecular formula is C27H42NO4+. The molecule has 0 radical (unpaired) electrons. The predicted octanol–water partition coefficient (Wildman–Crippen LogP) is 5.81. The smallest absolute Gasteiger partial charge is 0.305 e. The van der Waals surface area contributed by atoms with Gasteiger partial charge in [0.1, 0.15) is 0 Å². The van der Waals surface area contributed by atoms with Crippen molar-refractivity contribution < 1.29 is 23.6 Å². The second-order valence-electron chi connectivity index (χ2n) is 9.63. The summed E-state index contributed by atoms with van der Waals surface area (Å²) in [5, 5.41) is 0. The Morgan fingerprint density at radius 2 is 1.94 bits per heavy atom. The summed E-state index contributed by atoms with van der Waals surface area (Å²) in [6, 6.07) is 7.28. The standard InChI is InChI=1S/C27H42NO4/c1-7-30-25(29)12-10-9-11-15-27(6)21(5)28(24-14-13-19(3)16-23(24)27)22-17-20(4)32-26(18-22)31-8-2/h13-14,16,20,22,26H,7-12,15,17-18H2,1-6H3/q+1. The van der Waals surface area contributed by atoms with Crippen LogP contribution in [0.1, 0.15) is 90.7 Å². The monoisotopic (exact) mass is 444 g/mol. The molecule has 4 atom stereocenters. The summed E-state index contributed by atoms with van der Waals surface area (Å²) in [5.74, 6) is -0.0769. The maximum absolute atomic E-state index is 11.6. The molecular weight excluding hydrogens is 402 g/mol. The van der Waals surface area contributed by atoms with Crippen LogP contribution in [0.5, 0.6) is 0 Å². The van der Waals surface area contributed by atoms with E-state index in [1.165, 1.54) is 22.5 Å². The number of carbonyl (C=O) groups is 1. The maximum Gasteiger partial charge on any atom is 0.305 e. The Morgan fingerprint density at radius 1 is 1.16 bits per heavy atom. The minimum atomic E-state index is -0.134. The van der Waals surface area contributed by atoms with Crippen molar-refractivity contribution in [3.05, 3.63) is 29.3 Å². The number of aryl methyl sites for hydroxylation is 1. The Hall–Kier alpha value is -1.72. The number of fused-ring (bicyclic) bond motifs is 1. The van der Waals surface area contributed by atoms with Crippen LogP contribution in [0.2, 0.25) is 0 Å². The van der Waals surface area contributed by atoms with Crippen molar-refractivity contribution in [2.24, 2.45) is 0 Å². The van der Waals surface area contributed by atoms with E-state index >= 15 is 0 Å². The minimum absolute atomic E-state index is 0.00787. The lowest BCUT2D eigenvalue weighted by molar-refractivity contribution is -0.501. The van der Waals surface area contributed by atoms with Crippen LogP contribution in [-0.4, -0.2) is 47.9 Å². The van der Waals surface area contributed by atoms with Gasteiger partial charge in [-0.25, -0.2) is 0 Å².